The molecule has 0 aromatic rings. The Labute approximate surface area is 209 Å². The van der Waals surface area contributed by atoms with Gasteiger partial charge in [-0.1, -0.05) is 83.1 Å². The molecular weight excluding hydrogens is 536 g/mol. The summed E-state index contributed by atoms with van der Waals surface area (Å²) in [5.41, 5.74) is -10.6. The molecule has 0 heterocycles. The summed E-state index contributed by atoms with van der Waals surface area (Å²) >= 11 is 0. The zero-order valence-corrected chi connectivity index (χ0v) is 22.9. The van der Waals surface area contributed by atoms with E-state index in [1.54, 1.807) is 0 Å². The van der Waals surface area contributed by atoms with Gasteiger partial charge in [0.15, 0.2) is 0 Å². The Kier molecular flexibility index (Phi) is 8.83. The second-order valence-electron chi connectivity index (χ2n) is 13.2. The van der Waals surface area contributed by atoms with Crippen molar-refractivity contribution in [2.24, 2.45) is 21.7 Å². The normalized spacial score (nSPS) is 19.5. The van der Waals surface area contributed by atoms with E-state index >= 15 is 8.78 Å². The van der Waals surface area contributed by atoms with Crippen LogP contribution in [0.15, 0.2) is 0 Å². The minimum Gasteiger partial charge on any atom is -0.271 e. The molecule has 0 aromatic heterocycles. The van der Waals surface area contributed by atoms with Crippen molar-refractivity contribution in [3.05, 3.63) is 0 Å². The lowest BCUT2D eigenvalue weighted by Crippen LogP contribution is -2.69. The van der Waals surface area contributed by atoms with Gasteiger partial charge in [-0.05, 0) is 0 Å². The molecule has 0 bridgehead atoms. The maximum Gasteiger partial charge on any atom is 0.431 e. The summed E-state index contributed by atoms with van der Waals surface area (Å²) in [6, 6.07) is 0. The topological polar surface area (TPSA) is 18.5 Å². The van der Waals surface area contributed by atoms with Gasteiger partial charge in [0, 0.05) is 21.7 Å². The molecule has 37 heavy (non-hydrogen) atoms. The highest BCUT2D eigenvalue weighted by atomic mass is 19.4. The summed E-state index contributed by atoms with van der Waals surface area (Å²) in [6.07, 6.45) is -13.7. The van der Waals surface area contributed by atoms with Crippen molar-refractivity contribution in [2.45, 2.75) is 125 Å². The first-order valence-corrected chi connectivity index (χ1v) is 11.1. The molecule has 0 aromatic carbocycles. The van der Waals surface area contributed by atoms with Crippen molar-refractivity contribution < 1.29 is 62.2 Å². The van der Waals surface area contributed by atoms with E-state index in [-0.39, 0.29) is 0 Å². The maximum atomic E-state index is 15.6. The highest BCUT2D eigenvalue weighted by Gasteiger charge is 2.83. The van der Waals surface area contributed by atoms with Crippen molar-refractivity contribution in [1.29, 1.82) is 0 Å². The molecule has 0 aliphatic rings. The molecule has 0 fully saturated rings. The Hall–Kier alpha value is -0.920. The number of hydrogen-bond acceptors (Lipinski definition) is 2. The summed E-state index contributed by atoms with van der Waals surface area (Å²) < 4.78 is 185. The standard InChI is InChI=1S/C23H36F12O2/c1-13(2,3)17(24,25)20(30,15(7,8)9)36-22(32,33)19(28,29)23(34,35)37-21(31,16(10,11)12)18(26,27)14(4,5)6/h1-12H3. The van der Waals surface area contributed by atoms with Crippen molar-refractivity contribution in [3.8, 4) is 0 Å². The third-order valence-electron chi connectivity index (χ3n) is 5.89. The second kappa shape index (κ2) is 9.05. The van der Waals surface area contributed by atoms with E-state index in [2.05, 4.69) is 9.47 Å². The van der Waals surface area contributed by atoms with Crippen LogP contribution < -0.4 is 0 Å². The molecule has 0 amide bonds. The van der Waals surface area contributed by atoms with Gasteiger partial charge in [0.25, 0.3) is 11.7 Å². The van der Waals surface area contributed by atoms with Gasteiger partial charge in [-0.3, -0.25) is 9.47 Å². The van der Waals surface area contributed by atoms with Gasteiger partial charge in [0.2, 0.25) is 0 Å². The lowest BCUT2D eigenvalue weighted by atomic mass is 9.73. The van der Waals surface area contributed by atoms with E-state index in [9.17, 15) is 43.9 Å². The van der Waals surface area contributed by atoms with E-state index in [0.717, 1.165) is 0 Å². The molecule has 2 unspecified atom stereocenters. The number of ether oxygens (including phenoxy) is 2. The Morgan fingerprint density at radius 2 is 0.486 bits per heavy atom. The van der Waals surface area contributed by atoms with Crippen LogP contribution in [0, 0.1) is 21.7 Å². The number of alkyl halides is 12. The molecule has 0 aliphatic heterocycles. The third-order valence-corrected chi connectivity index (χ3v) is 5.89. The number of rotatable bonds is 8. The predicted octanol–water partition coefficient (Wildman–Crippen LogP) is 9.63. The van der Waals surface area contributed by atoms with Gasteiger partial charge >= 0.3 is 30.0 Å². The van der Waals surface area contributed by atoms with Gasteiger partial charge in [-0.2, -0.15) is 43.9 Å². The molecule has 14 heteroatoms. The molecule has 0 aliphatic carbocycles. The Balaban J connectivity index is 7.00. The zero-order valence-electron chi connectivity index (χ0n) is 22.9. The van der Waals surface area contributed by atoms with Crippen LogP contribution in [0.2, 0.25) is 0 Å². The van der Waals surface area contributed by atoms with Crippen molar-refractivity contribution in [3.63, 3.8) is 0 Å². The SMILES string of the molecule is CC(C)(C)C(F)(F)C(F)(OC(F)(F)C(F)(F)C(F)(F)OC(F)(C(C)(C)C)C(F)(F)C(C)(C)C)C(C)(C)C. The molecule has 0 N–H and O–H groups in total. The molecule has 0 radical (unpaired) electrons. The van der Waals surface area contributed by atoms with Crippen LogP contribution in [0.5, 0.6) is 0 Å². The summed E-state index contributed by atoms with van der Waals surface area (Å²) in [5, 5.41) is 0. The first-order valence-electron chi connectivity index (χ1n) is 11.1. The van der Waals surface area contributed by atoms with Crippen LogP contribution in [-0.4, -0.2) is 41.7 Å². The number of hydrogen-bond donors (Lipinski definition) is 0. The van der Waals surface area contributed by atoms with E-state index in [1.807, 2.05) is 0 Å². The average molecular weight is 573 g/mol. The molecular formula is C23H36F12O2. The monoisotopic (exact) mass is 572 g/mol. The van der Waals surface area contributed by atoms with Crippen molar-refractivity contribution in [2.75, 3.05) is 0 Å². The second-order valence-corrected chi connectivity index (χ2v) is 13.2. The summed E-state index contributed by atoms with van der Waals surface area (Å²) in [6.45, 7) is 7.12. The van der Waals surface area contributed by atoms with Gasteiger partial charge in [-0.25, -0.2) is 8.78 Å². The molecule has 0 rings (SSSR count). The van der Waals surface area contributed by atoms with Gasteiger partial charge in [0.1, 0.15) is 0 Å². The highest BCUT2D eigenvalue weighted by Crippen LogP contribution is 2.61. The van der Waals surface area contributed by atoms with Gasteiger partial charge in [-0.15, -0.1) is 0 Å². The fourth-order valence-electron chi connectivity index (χ4n) is 2.99. The van der Waals surface area contributed by atoms with Crippen LogP contribution in [0.4, 0.5) is 52.7 Å². The maximum absolute atomic E-state index is 15.6. The first-order chi connectivity index (χ1) is 15.4. The fraction of sp³-hybridized carbons (Fsp3) is 1.00. The first kappa shape index (κ1) is 36.1. The molecule has 0 saturated heterocycles. The van der Waals surface area contributed by atoms with E-state index in [1.165, 1.54) is 0 Å². The third kappa shape index (κ3) is 5.56. The molecule has 224 valence electrons. The Bertz CT molecular complexity index is 748. The smallest absolute Gasteiger partial charge is 0.271 e. The lowest BCUT2D eigenvalue weighted by molar-refractivity contribution is -0.528. The van der Waals surface area contributed by atoms with Crippen LogP contribution >= 0.6 is 0 Å². The summed E-state index contributed by atoms with van der Waals surface area (Å²) in [7, 11) is 0. The molecule has 2 atom stereocenters. The quantitative estimate of drug-likeness (QED) is 0.270. The predicted molar refractivity (Wildman–Crippen MR) is 112 cm³/mol. The molecule has 2 nitrogen and oxygen atoms in total. The number of halogens is 12. The van der Waals surface area contributed by atoms with E-state index in [4.69, 9.17) is 0 Å². The van der Waals surface area contributed by atoms with E-state index in [0.29, 0.717) is 83.1 Å². The fourth-order valence-corrected chi connectivity index (χ4v) is 2.99. The van der Waals surface area contributed by atoms with Crippen LogP contribution in [-0.2, 0) is 9.47 Å². The van der Waals surface area contributed by atoms with E-state index < -0.39 is 63.4 Å². The van der Waals surface area contributed by atoms with Crippen LogP contribution in [0.1, 0.15) is 83.1 Å². The average Bonchev–Trinajstić information content (AvgIpc) is 2.56. The van der Waals surface area contributed by atoms with Gasteiger partial charge in [0.05, 0.1) is 0 Å². The molecule has 0 spiro atoms. The Morgan fingerprint density at radius 1 is 0.297 bits per heavy atom. The lowest BCUT2D eigenvalue weighted by Gasteiger charge is -2.50. The molecule has 0 saturated carbocycles. The minimum atomic E-state index is -7.13. The highest BCUT2D eigenvalue weighted by molar-refractivity contribution is 5.05. The summed E-state index contributed by atoms with van der Waals surface area (Å²) in [5.74, 6) is -27.2. The largest absolute Gasteiger partial charge is 0.431 e. The summed E-state index contributed by atoms with van der Waals surface area (Å²) in [4.78, 5) is 0. The van der Waals surface area contributed by atoms with Crippen LogP contribution in [0.25, 0.3) is 0 Å². The Morgan fingerprint density at radius 3 is 0.622 bits per heavy atom. The minimum absolute atomic E-state index is 0.547. The van der Waals surface area contributed by atoms with Crippen LogP contribution in [0.3, 0.4) is 0 Å². The van der Waals surface area contributed by atoms with Crippen molar-refractivity contribution >= 4 is 0 Å². The zero-order chi connectivity index (χ0) is 30.9. The van der Waals surface area contributed by atoms with Gasteiger partial charge < -0.3 is 0 Å². The van der Waals surface area contributed by atoms with Crippen molar-refractivity contribution in [1.82, 2.24) is 0 Å².